The van der Waals surface area contributed by atoms with Crippen LogP contribution >= 0.6 is 0 Å². The Bertz CT molecular complexity index is 940. The average molecular weight is 438 g/mol. The predicted octanol–water partition coefficient (Wildman–Crippen LogP) is 4.48. The minimum Gasteiger partial charge on any atom is -0.396 e. The van der Waals surface area contributed by atoms with Crippen LogP contribution in [0.15, 0.2) is 30.3 Å². The highest BCUT2D eigenvalue weighted by molar-refractivity contribution is 5.83. The highest BCUT2D eigenvalue weighted by Crippen LogP contribution is 2.32. The van der Waals surface area contributed by atoms with Gasteiger partial charge in [0, 0.05) is 25.2 Å². The van der Waals surface area contributed by atoms with E-state index in [4.69, 9.17) is 5.73 Å². The van der Waals surface area contributed by atoms with Gasteiger partial charge < -0.3 is 16.0 Å². The van der Waals surface area contributed by atoms with Crippen LogP contribution in [0.3, 0.4) is 0 Å². The molecule has 3 rings (SSSR count). The number of anilines is 2. The number of benzene rings is 1. The third kappa shape index (κ3) is 5.45. The fraction of sp³-hybridized carbons (Fsp3) is 0.455. The Morgan fingerprint density at radius 3 is 2.55 bits per heavy atom. The van der Waals surface area contributed by atoms with E-state index in [0.29, 0.717) is 30.1 Å². The molecule has 2 aromatic rings. The van der Waals surface area contributed by atoms with E-state index in [9.17, 15) is 22.4 Å². The molecule has 1 atom stereocenters. The van der Waals surface area contributed by atoms with Gasteiger partial charge in [-0.1, -0.05) is 19.1 Å². The van der Waals surface area contributed by atoms with Crippen LogP contribution in [0.4, 0.5) is 29.1 Å². The zero-order chi connectivity index (χ0) is 22.8. The van der Waals surface area contributed by atoms with Crippen molar-refractivity contribution in [3.05, 3.63) is 53.0 Å². The maximum absolute atomic E-state index is 13.7. The summed E-state index contributed by atoms with van der Waals surface area (Å²) < 4.78 is 53.3. The van der Waals surface area contributed by atoms with Gasteiger partial charge in [0.2, 0.25) is 5.91 Å². The first kappa shape index (κ1) is 22.8. The van der Waals surface area contributed by atoms with Crippen molar-refractivity contribution in [2.24, 2.45) is 5.92 Å². The fourth-order valence-corrected chi connectivity index (χ4v) is 3.57. The summed E-state index contributed by atoms with van der Waals surface area (Å²) in [6.07, 6.45) is -2.82. The molecule has 1 aliphatic heterocycles. The third-order valence-corrected chi connectivity index (χ3v) is 5.70. The lowest BCUT2D eigenvalue weighted by atomic mass is 9.98. The fourth-order valence-electron chi connectivity index (χ4n) is 3.57. The highest BCUT2D eigenvalue weighted by atomic mass is 19.4. The third-order valence-electron chi connectivity index (χ3n) is 5.70. The van der Waals surface area contributed by atoms with E-state index < -0.39 is 23.6 Å². The first-order chi connectivity index (χ1) is 14.6. The number of nitrogens with two attached hydrogens (primary N) is 1. The van der Waals surface area contributed by atoms with Crippen molar-refractivity contribution in [1.29, 1.82) is 0 Å². The SMILES string of the molecule is CC1CCN(c2nc(C(F)(F)F)ccc2CNC(=O)C(C)c2ccc(N)c(F)c2)CC1. The number of piperidine rings is 1. The largest absolute Gasteiger partial charge is 0.433 e. The van der Waals surface area contributed by atoms with E-state index in [0.717, 1.165) is 18.9 Å². The van der Waals surface area contributed by atoms with E-state index in [1.807, 2.05) is 4.90 Å². The van der Waals surface area contributed by atoms with E-state index in [2.05, 4.69) is 17.2 Å². The molecular weight excluding hydrogens is 412 g/mol. The van der Waals surface area contributed by atoms with Crippen molar-refractivity contribution >= 4 is 17.4 Å². The molecule has 0 aliphatic carbocycles. The molecule has 0 saturated carbocycles. The molecule has 3 N–H and O–H groups in total. The van der Waals surface area contributed by atoms with Crippen molar-refractivity contribution in [2.75, 3.05) is 23.7 Å². The molecule has 1 aliphatic rings. The van der Waals surface area contributed by atoms with Crippen molar-refractivity contribution in [1.82, 2.24) is 10.3 Å². The van der Waals surface area contributed by atoms with Gasteiger partial charge in [-0.25, -0.2) is 9.37 Å². The first-order valence-corrected chi connectivity index (χ1v) is 10.2. The number of nitrogen functional groups attached to an aromatic ring is 1. The van der Waals surface area contributed by atoms with Crippen molar-refractivity contribution in [3.8, 4) is 0 Å². The molecule has 2 heterocycles. The second kappa shape index (κ2) is 9.11. The molecule has 9 heteroatoms. The number of aromatic nitrogens is 1. The first-order valence-electron chi connectivity index (χ1n) is 10.2. The van der Waals surface area contributed by atoms with Crippen molar-refractivity contribution in [3.63, 3.8) is 0 Å². The van der Waals surface area contributed by atoms with Gasteiger partial charge in [0.15, 0.2) is 0 Å². The summed E-state index contributed by atoms with van der Waals surface area (Å²) >= 11 is 0. The summed E-state index contributed by atoms with van der Waals surface area (Å²) in [5.74, 6) is -0.885. The summed E-state index contributed by atoms with van der Waals surface area (Å²) in [5.41, 5.74) is 5.47. The summed E-state index contributed by atoms with van der Waals surface area (Å²) in [7, 11) is 0. The lowest BCUT2D eigenvalue weighted by molar-refractivity contribution is -0.141. The predicted molar refractivity (Wildman–Crippen MR) is 111 cm³/mol. The number of nitrogens with zero attached hydrogens (tertiary/aromatic N) is 2. The number of hydrogen-bond donors (Lipinski definition) is 2. The Labute approximate surface area is 178 Å². The minimum atomic E-state index is -4.55. The van der Waals surface area contributed by atoms with Crippen molar-refractivity contribution < 1.29 is 22.4 Å². The van der Waals surface area contributed by atoms with Crippen LogP contribution in [0.5, 0.6) is 0 Å². The molecule has 0 radical (unpaired) electrons. The normalized spacial score (nSPS) is 16.3. The lowest BCUT2D eigenvalue weighted by Gasteiger charge is -2.33. The van der Waals surface area contributed by atoms with Gasteiger partial charge in [0.05, 0.1) is 11.6 Å². The minimum absolute atomic E-state index is 0.00678. The molecular formula is C22H26F4N4O. The number of nitrogens with one attached hydrogen (secondary N) is 1. The number of carbonyl (C=O) groups is 1. The summed E-state index contributed by atoms with van der Waals surface area (Å²) in [4.78, 5) is 18.3. The number of halogens is 4. The standard InChI is InChI=1S/C22H26F4N4O/c1-13-7-9-30(10-8-13)20-16(4-6-19(29-20)22(24,25)26)12-28-21(31)14(2)15-3-5-18(27)17(23)11-15/h3-6,11,13-14H,7-10,12,27H2,1-2H3,(H,28,31). The summed E-state index contributed by atoms with van der Waals surface area (Å²) in [5, 5.41) is 2.74. The Morgan fingerprint density at radius 1 is 1.26 bits per heavy atom. The van der Waals surface area contributed by atoms with Gasteiger partial charge in [0.25, 0.3) is 0 Å². The lowest BCUT2D eigenvalue weighted by Crippen LogP contribution is -2.35. The smallest absolute Gasteiger partial charge is 0.396 e. The zero-order valence-electron chi connectivity index (χ0n) is 17.5. The van der Waals surface area contributed by atoms with Gasteiger partial charge in [0.1, 0.15) is 17.3 Å². The van der Waals surface area contributed by atoms with E-state index >= 15 is 0 Å². The summed E-state index contributed by atoms with van der Waals surface area (Å²) in [6.45, 7) is 4.97. The average Bonchev–Trinajstić information content (AvgIpc) is 2.73. The van der Waals surface area contributed by atoms with Crippen molar-refractivity contribution in [2.45, 2.75) is 45.3 Å². The number of rotatable bonds is 5. The number of amides is 1. The van der Waals surface area contributed by atoms with Crippen LogP contribution in [-0.2, 0) is 17.5 Å². The van der Waals surface area contributed by atoms with Gasteiger partial charge in [-0.2, -0.15) is 13.2 Å². The number of hydrogen-bond acceptors (Lipinski definition) is 4. The molecule has 1 aromatic heterocycles. The molecule has 0 spiro atoms. The van der Waals surface area contributed by atoms with Crippen LogP contribution < -0.4 is 16.0 Å². The molecule has 1 amide bonds. The van der Waals surface area contributed by atoms with Crippen LogP contribution in [0.25, 0.3) is 0 Å². The molecule has 1 aromatic carbocycles. The Hall–Kier alpha value is -2.84. The maximum Gasteiger partial charge on any atom is 0.433 e. The Balaban J connectivity index is 1.78. The van der Waals surface area contributed by atoms with E-state index in [-0.39, 0.29) is 24.0 Å². The van der Waals surface area contributed by atoms with Crippen LogP contribution in [0.1, 0.15) is 49.4 Å². The molecule has 0 bridgehead atoms. The van der Waals surface area contributed by atoms with Gasteiger partial charge in [-0.05, 0) is 49.4 Å². The van der Waals surface area contributed by atoms with E-state index in [1.54, 1.807) is 13.0 Å². The Morgan fingerprint density at radius 2 is 1.94 bits per heavy atom. The summed E-state index contributed by atoms with van der Waals surface area (Å²) in [6, 6.07) is 6.46. The van der Waals surface area contributed by atoms with Crippen LogP contribution in [-0.4, -0.2) is 24.0 Å². The van der Waals surface area contributed by atoms with Gasteiger partial charge in [-0.15, -0.1) is 0 Å². The second-order valence-electron chi connectivity index (χ2n) is 8.07. The molecule has 1 fully saturated rings. The molecule has 168 valence electrons. The highest BCUT2D eigenvalue weighted by Gasteiger charge is 2.34. The number of pyridine rings is 1. The number of alkyl halides is 3. The topological polar surface area (TPSA) is 71.2 Å². The van der Waals surface area contributed by atoms with Crippen LogP contribution in [0.2, 0.25) is 0 Å². The molecule has 1 saturated heterocycles. The molecule has 1 unspecified atom stereocenters. The van der Waals surface area contributed by atoms with E-state index in [1.165, 1.54) is 18.2 Å². The van der Waals surface area contributed by atoms with Crippen LogP contribution in [0, 0.1) is 11.7 Å². The number of carbonyl (C=O) groups excluding carboxylic acids is 1. The van der Waals surface area contributed by atoms with Gasteiger partial charge in [-0.3, -0.25) is 4.79 Å². The molecule has 5 nitrogen and oxygen atoms in total. The monoisotopic (exact) mass is 438 g/mol. The maximum atomic E-state index is 13.7. The Kier molecular flexibility index (Phi) is 6.71. The zero-order valence-corrected chi connectivity index (χ0v) is 17.5. The second-order valence-corrected chi connectivity index (χ2v) is 8.07. The van der Waals surface area contributed by atoms with Gasteiger partial charge >= 0.3 is 6.18 Å². The molecule has 31 heavy (non-hydrogen) atoms. The quantitative estimate of drug-likeness (QED) is 0.534.